The van der Waals surface area contributed by atoms with Gasteiger partial charge in [-0.2, -0.15) is 0 Å². The van der Waals surface area contributed by atoms with Gasteiger partial charge in [-0.05, 0) is 30.3 Å². The molecule has 0 fully saturated rings. The van der Waals surface area contributed by atoms with Crippen LogP contribution in [-0.2, 0) is 13.1 Å². The first-order valence-electron chi connectivity index (χ1n) is 6.37. The lowest BCUT2D eigenvalue weighted by molar-refractivity contribution is 0.298. The molecule has 1 aromatic carbocycles. The Balaban J connectivity index is 1.89. The molecular weight excluding hydrogens is 306 g/mol. The van der Waals surface area contributed by atoms with E-state index in [1.807, 2.05) is 22.9 Å². The first kappa shape index (κ1) is 14.1. The monoisotopic (exact) mass is 323 g/mol. The van der Waals surface area contributed by atoms with E-state index in [-0.39, 0.29) is 0 Å². The van der Waals surface area contributed by atoms with Crippen molar-refractivity contribution in [3.8, 4) is 5.75 Å². The van der Waals surface area contributed by atoms with Gasteiger partial charge < -0.3 is 14.6 Å². The summed E-state index contributed by atoms with van der Waals surface area (Å²) in [7, 11) is 0. The zero-order chi connectivity index (χ0) is 13.5. The Morgan fingerprint density at radius 1 is 1.42 bits per heavy atom. The van der Waals surface area contributed by atoms with E-state index in [2.05, 4.69) is 39.2 Å². The number of nitrogens with one attached hydrogen (secondary N) is 1. The molecule has 1 aromatic heterocycles. The molecule has 5 heteroatoms. The highest BCUT2D eigenvalue weighted by molar-refractivity contribution is 9.10. The summed E-state index contributed by atoms with van der Waals surface area (Å²) >= 11 is 3.55. The summed E-state index contributed by atoms with van der Waals surface area (Å²) in [5, 5.41) is 3.31. The van der Waals surface area contributed by atoms with E-state index in [1.54, 1.807) is 12.5 Å². The van der Waals surface area contributed by atoms with Crippen LogP contribution in [0.4, 0.5) is 0 Å². The molecule has 0 unspecified atom stereocenters. The maximum atomic E-state index is 5.76. The summed E-state index contributed by atoms with van der Waals surface area (Å²) < 4.78 is 8.86. The fourth-order valence-corrected chi connectivity index (χ4v) is 2.11. The maximum Gasteiger partial charge on any atom is 0.119 e. The van der Waals surface area contributed by atoms with Crippen molar-refractivity contribution in [2.24, 2.45) is 0 Å². The Hall–Kier alpha value is -1.33. The van der Waals surface area contributed by atoms with E-state index in [4.69, 9.17) is 4.74 Å². The lowest BCUT2D eigenvalue weighted by Gasteiger charge is -2.10. The molecule has 0 spiro atoms. The van der Waals surface area contributed by atoms with Gasteiger partial charge in [0.25, 0.3) is 0 Å². The number of halogens is 1. The zero-order valence-corrected chi connectivity index (χ0v) is 12.6. The molecule has 0 amide bonds. The van der Waals surface area contributed by atoms with Gasteiger partial charge in [0.1, 0.15) is 12.4 Å². The molecule has 0 saturated carbocycles. The van der Waals surface area contributed by atoms with Crippen molar-refractivity contribution >= 4 is 15.9 Å². The average Bonchev–Trinajstić information content (AvgIpc) is 2.92. The lowest BCUT2D eigenvalue weighted by Crippen LogP contribution is -2.12. The fraction of sp³-hybridized carbons (Fsp3) is 0.357. The molecule has 4 nitrogen and oxygen atoms in total. The summed E-state index contributed by atoms with van der Waals surface area (Å²) in [6.45, 7) is 5.34. The lowest BCUT2D eigenvalue weighted by atomic mass is 10.2. The molecule has 2 rings (SSSR count). The number of imidazole rings is 1. The summed E-state index contributed by atoms with van der Waals surface area (Å²) in [6.07, 6.45) is 5.50. The van der Waals surface area contributed by atoms with Crippen molar-refractivity contribution in [2.45, 2.75) is 20.0 Å². The highest BCUT2D eigenvalue weighted by Gasteiger charge is 2.02. The van der Waals surface area contributed by atoms with Crippen LogP contribution in [0.25, 0.3) is 0 Å². The molecule has 2 aromatic rings. The summed E-state index contributed by atoms with van der Waals surface area (Å²) in [6, 6.07) is 6.08. The number of ether oxygens (including phenoxy) is 1. The van der Waals surface area contributed by atoms with E-state index < -0.39 is 0 Å². The molecule has 102 valence electrons. The molecule has 1 heterocycles. The summed E-state index contributed by atoms with van der Waals surface area (Å²) in [5.41, 5.74) is 1.21. The predicted octanol–water partition coefficient (Wildman–Crippen LogP) is 2.83. The van der Waals surface area contributed by atoms with Crippen LogP contribution in [-0.4, -0.2) is 22.7 Å². The number of hydrogen-bond donors (Lipinski definition) is 1. The number of nitrogens with zero attached hydrogens (tertiary/aromatic N) is 2. The van der Waals surface area contributed by atoms with Crippen LogP contribution < -0.4 is 10.1 Å². The quantitative estimate of drug-likeness (QED) is 0.851. The zero-order valence-electron chi connectivity index (χ0n) is 11.0. The molecule has 0 aliphatic heterocycles. The van der Waals surface area contributed by atoms with Gasteiger partial charge in [0.05, 0.1) is 12.9 Å². The average molecular weight is 324 g/mol. The van der Waals surface area contributed by atoms with E-state index in [1.165, 1.54) is 5.56 Å². The minimum Gasteiger partial charge on any atom is -0.492 e. The van der Waals surface area contributed by atoms with Crippen LogP contribution in [0, 0.1) is 0 Å². The first-order valence-corrected chi connectivity index (χ1v) is 7.16. The van der Waals surface area contributed by atoms with Gasteiger partial charge in [-0.15, -0.1) is 0 Å². The number of aromatic nitrogens is 2. The number of rotatable bonds is 7. The van der Waals surface area contributed by atoms with Crippen LogP contribution in [0.15, 0.2) is 41.4 Å². The van der Waals surface area contributed by atoms with Crippen LogP contribution in [0.3, 0.4) is 0 Å². The first-order chi connectivity index (χ1) is 9.29. The Morgan fingerprint density at radius 2 is 2.32 bits per heavy atom. The number of benzene rings is 1. The smallest absolute Gasteiger partial charge is 0.119 e. The third kappa shape index (κ3) is 4.36. The van der Waals surface area contributed by atoms with Crippen molar-refractivity contribution in [1.29, 1.82) is 0 Å². The maximum absolute atomic E-state index is 5.76. The van der Waals surface area contributed by atoms with Crippen molar-refractivity contribution in [3.05, 3.63) is 47.0 Å². The molecule has 19 heavy (non-hydrogen) atoms. The molecular formula is C14H18BrN3O. The van der Waals surface area contributed by atoms with Gasteiger partial charge in [-0.25, -0.2) is 4.98 Å². The fourth-order valence-electron chi connectivity index (χ4n) is 1.72. The standard InChI is InChI=1S/C14H18BrN3O/c1-2-16-10-12-9-13(3-4-14(12)15)19-8-7-18-6-5-17-11-18/h3-6,9,11,16H,2,7-8,10H2,1H3. The Morgan fingerprint density at radius 3 is 3.05 bits per heavy atom. The Kier molecular flexibility index (Phi) is 5.42. The van der Waals surface area contributed by atoms with Gasteiger partial charge in [-0.3, -0.25) is 0 Å². The molecule has 0 aliphatic rings. The molecule has 0 bridgehead atoms. The third-order valence-corrected chi connectivity index (χ3v) is 3.53. The highest BCUT2D eigenvalue weighted by atomic mass is 79.9. The SMILES string of the molecule is CCNCc1cc(OCCn2ccnc2)ccc1Br. The molecule has 0 saturated heterocycles. The van der Waals surface area contributed by atoms with Crippen molar-refractivity contribution in [1.82, 2.24) is 14.9 Å². The number of hydrogen-bond acceptors (Lipinski definition) is 3. The van der Waals surface area contributed by atoms with E-state index in [0.29, 0.717) is 6.61 Å². The molecule has 1 N–H and O–H groups in total. The van der Waals surface area contributed by atoms with E-state index in [9.17, 15) is 0 Å². The minimum absolute atomic E-state index is 0.638. The second kappa shape index (κ2) is 7.31. The molecule has 0 aliphatic carbocycles. The van der Waals surface area contributed by atoms with E-state index >= 15 is 0 Å². The van der Waals surface area contributed by atoms with Crippen LogP contribution in [0.1, 0.15) is 12.5 Å². The van der Waals surface area contributed by atoms with Gasteiger partial charge in [0, 0.05) is 23.4 Å². The Labute approximate surface area is 121 Å². The van der Waals surface area contributed by atoms with Crippen molar-refractivity contribution < 1.29 is 4.74 Å². The Bertz CT molecular complexity index is 499. The van der Waals surface area contributed by atoms with Gasteiger partial charge in [0.2, 0.25) is 0 Å². The normalized spacial score (nSPS) is 10.6. The van der Waals surface area contributed by atoms with E-state index in [0.717, 1.165) is 29.9 Å². The predicted molar refractivity (Wildman–Crippen MR) is 79.2 cm³/mol. The summed E-state index contributed by atoms with van der Waals surface area (Å²) in [5.74, 6) is 0.899. The van der Waals surface area contributed by atoms with Crippen molar-refractivity contribution in [3.63, 3.8) is 0 Å². The largest absolute Gasteiger partial charge is 0.492 e. The second-order valence-electron chi connectivity index (χ2n) is 4.18. The van der Waals surface area contributed by atoms with Crippen LogP contribution in [0.2, 0.25) is 0 Å². The van der Waals surface area contributed by atoms with Crippen LogP contribution >= 0.6 is 15.9 Å². The third-order valence-electron chi connectivity index (χ3n) is 2.76. The van der Waals surface area contributed by atoms with Gasteiger partial charge in [-0.1, -0.05) is 22.9 Å². The van der Waals surface area contributed by atoms with Gasteiger partial charge >= 0.3 is 0 Å². The molecule has 0 atom stereocenters. The minimum atomic E-state index is 0.638. The van der Waals surface area contributed by atoms with Crippen LogP contribution in [0.5, 0.6) is 5.75 Å². The van der Waals surface area contributed by atoms with Gasteiger partial charge in [0.15, 0.2) is 0 Å². The molecule has 0 radical (unpaired) electrons. The second-order valence-corrected chi connectivity index (χ2v) is 5.04. The van der Waals surface area contributed by atoms with Crippen molar-refractivity contribution in [2.75, 3.05) is 13.2 Å². The highest BCUT2D eigenvalue weighted by Crippen LogP contribution is 2.22. The summed E-state index contributed by atoms with van der Waals surface area (Å²) in [4.78, 5) is 4.00. The topological polar surface area (TPSA) is 39.1 Å².